The first-order valence-corrected chi connectivity index (χ1v) is 7.18. The van der Waals surface area contributed by atoms with E-state index < -0.39 is 0 Å². The minimum atomic E-state index is 0.676. The Balaban J connectivity index is 1.64. The minimum absolute atomic E-state index is 0.676. The Bertz CT molecular complexity index is 311. The summed E-state index contributed by atoms with van der Waals surface area (Å²) >= 11 is 0. The summed E-state index contributed by atoms with van der Waals surface area (Å²) in [4.78, 5) is 2.60. The highest BCUT2D eigenvalue weighted by molar-refractivity contribution is 4.75. The molecule has 1 aliphatic heterocycles. The first-order valence-electron chi connectivity index (χ1n) is 7.18. The van der Waals surface area contributed by atoms with Gasteiger partial charge in [-0.3, -0.25) is 4.68 Å². The van der Waals surface area contributed by atoms with E-state index in [1.54, 1.807) is 6.20 Å². The maximum atomic E-state index is 3.97. The number of hydrogen-bond acceptors (Lipinski definition) is 4. The zero-order chi connectivity index (χ0) is 12.6. The van der Waals surface area contributed by atoms with Crippen LogP contribution in [0.3, 0.4) is 0 Å². The molecule has 1 fully saturated rings. The van der Waals surface area contributed by atoms with E-state index in [4.69, 9.17) is 0 Å². The third-order valence-electron chi connectivity index (χ3n) is 3.61. The molecular weight excluding hydrogens is 226 g/mol. The molecule has 0 amide bonds. The predicted molar refractivity (Wildman–Crippen MR) is 72.4 cm³/mol. The molecule has 5 nitrogen and oxygen atoms in total. The fourth-order valence-corrected chi connectivity index (χ4v) is 2.64. The fraction of sp³-hybridized carbons (Fsp3) is 0.846. The lowest BCUT2D eigenvalue weighted by Crippen LogP contribution is -2.33. The Morgan fingerprint density at radius 1 is 1.28 bits per heavy atom. The quantitative estimate of drug-likeness (QED) is 0.823. The lowest BCUT2D eigenvalue weighted by molar-refractivity contribution is 0.282. The highest BCUT2D eigenvalue weighted by Gasteiger charge is 2.15. The van der Waals surface area contributed by atoms with Gasteiger partial charge in [0.1, 0.15) is 0 Å². The van der Waals surface area contributed by atoms with Crippen LogP contribution in [0.2, 0.25) is 0 Å². The van der Waals surface area contributed by atoms with Gasteiger partial charge in [-0.25, -0.2) is 0 Å². The number of likely N-dealkylation sites (tertiary alicyclic amines) is 1. The van der Waals surface area contributed by atoms with Gasteiger partial charge in [0.25, 0.3) is 0 Å². The molecule has 1 aromatic rings. The second-order valence-electron chi connectivity index (χ2n) is 5.09. The third-order valence-corrected chi connectivity index (χ3v) is 3.61. The van der Waals surface area contributed by atoms with Gasteiger partial charge in [0.05, 0.1) is 12.7 Å². The highest BCUT2D eigenvalue weighted by Crippen LogP contribution is 2.11. The number of nitrogens with zero attached hydrogens (tertiary/aromatic N) is 4. The SMILES string of the molecule is CCCN1CCCC(NCCn2ccnn2)CC1. The van der Waals surface area contributed by atoms with Crippen LogP contribution in [0.1, 0.15) is 32.6 Å². The van der Waals surface area contributed by atoms with Crippen LogP contribution in [0.25, 0.3) is 0 Å². The standard InChI is InChI=1S/C13H25N5/c1-2-8-17-9-3-4-13(5-10-17)14-6-11-18-12-7-15-16-18/h7,12-14H,2-6,8-11H2,1H3. The van der Waals surface area contributed by atoms with Gasteiger partial charge in [0.2, 0.25) is 0 Å². The lowest BCUT2D eigenvalue weighted by Gasteiger charge is -2.19. The van der Waals surface area contributed by atoms with E-state index in [0.29, 0.717) is 6.04 Å². The summed E-state index contributed by atoms with van der Waals surface area (Å²) in [6, 6.07) is 0.676. The average molecular weight is 251 g/mol. The monoisotopic (exact) mass is 251 g/mol. The zero-order valence-electron chi connectivity index (χ0n) is 11.4. The summed E-state index contributed by atoms with van der Waals surface area (Å²) in [6.07, 6.45) is 8.81. The number of hydrogen-bond donors (Lipinski definition) is 1. The van der Waals surface area contributed by atoms with E-state index in [1.807, 2.05) is 10.9 Å². The third kappa shape index (κ3) is 4.38. The molecule has 0 spiro atoms. The first-order chi connectivity index (χ1) is 8.88. The van der Waals surface area contributed by atoms with Gasteiger partial charge >= 0.3 is 0 Å². The number of aromatic nitrogens is 3. The first kappa shape index (κ1) is 13.5. The average Bonchev–Trinajstić information content (AvgIpc) is 2.78. The summed E-state index contributed by atoms with van der Waals surface area (Å²) in [5.41, 5.74) is 0. The molecule has 18 heavy (non-hydrogen) atoms. The summed E-state index contributed by atoms with van der Waals surface area (Å²) in [5.74, 6) is 0. The molecule has 1 aliphatic rings. The summed E-state index contributed by atoms with van der Waals surface area (Å²) in [6.45, 7) is 7.94. The molecule has 5 heteroatoms. The van der Waals surface area contributed by atoms with Gasteiger partial charge in [-0.1, -0.05) is 12.1 Å². The van der Waals surface area contributed by atoms with Gasteiger partial charge in [-0.2, -0.15) is 0 Å². The van der Waals surface area contributed by atoms with Crippen molar-refractivity contribution in [1.29, 1.82) is 0 Å². The van der Waals surface area contributed by atoms with Crippen LogP contribution < -0.4 is 5.32 Å². The number of rotatable bonds is 6. The Labute approximate surface area is 110 Å². The van der Waals surface area contributed by atoms with Crippen molar-refractivity contribution in [3.8, 4) is 0 Å². The Hall–Kier alpha value is -0.940. The maximum Gasteiger partial charge on any atom is 0.0692 e. The fourth-order valence-electron chi connectivity index (χ4n) is 2.64. The summed E-state index contributed by atoms with van der Waals surface area (Å²) in [7, 11) is 0. The van der Waals surface area contributed by atoms with Gasteiger partial charge < -0.3 is 10.2 Å². The van der Waals surface area contributed by atoms with Crippen LogP contribution in [-0.4, -0.2) is 52.1 Å². The van der Waals surface area contributed by atoms with Crippen molar-refractivity contribution in [3.05, 3.63) is 12.4 Å². The number of nitrogens with one attached hydrogen (secondary N) is 1. The minimum Gasteiger partial charge on any atom is -0.312 e. The second-order valence-corrected chi connectivity index (χ2v) is 5.09. The van der Waals surface area contributed by atoms with Crippen molar-refractivity contribution in [3.63, 3.8) is 0 Å². The molecule has 1 unspecified atom stereocenters. The maximum absolute atomic E-state index is 3.97. The van der Waals surface area contributed by atoms with Crippen molar-refractivity contribution in [2.24, 2.45) is 0 Å². The molecule has 1 saturated heterocycles. The normalized spacial score (nSPS) is 21.9. The Kier molecular flexibility index (Phi) is 5.61. The topological polar surface area (TPSA) is 46.0 Å². The van der Waals surface area contributed by atoms with E-state index in [2.05, 4.69) is 27.5 Å². The molecule has 2 rings (SSSR count). The summed E-state index contributed by atoms with van der Waals surface area (Å²) < 4.78 is 1.88. The molecule has 1 atom stereocenters. The molecule has 102 valence electrons. The lowest BCUT2D eigenvalue weighted by atomic mass is 10.1. The largest absolute Gasteiger partial charge is 0.312 e. The van der Waals surface area contributed by atoms with E-state index >= 15 is 0 Å². The Morgan fingerprint density at radius 3 is 3.00 bits per heavy atom. The van der Waals surface area contributed by atoms with Gasteiger partial charge in [-0.15, -0.1) is 5.10 Å². The Morgan fingerprint density at radius 2 is 2.22 bits per heavy atom. The van der Waals surface area contributed by atoms with Crippen molar-refractivity contribution in [2.45, 2.75) is 45.2 Å². The van der Waals surface area contributed by atoms with E-state index in [9.17, 15) is 0 Å². The molecule has 0 radical (unpaired) electrons. The van der Waals surface area contributed by atoms with Crippen LogP contribution >= 0.6 is 0 Å². The van der Waals surface area contributed by atoms with Crippen molar-refractivity contribution < 1.29 is 0 Å². The molecule has 0 aliphatic carbocycles. The van der Waals surface area contributed by atoms with Crippen LogP contribution in [0.15, 0.2) is 12.4 Å². The van der Waals surface area contributed by atoms with E-state index in [-0.39, 0.29) is 0 Å². The van der Waals surface area contributed by atoms with Crippen molar-refractivity contribution >= 4 is 0 Å². The second kappa shape index (κ2) is 7.48. The molecule has 0 aromatic carbocycles. The molecular formula is C13H25N5. The predicted octanol–water partition coefficient (Wildman–Crippen LogP) is 1.13. The van der Waals surface area contributed by atoms with Crippen LogP contribution in [0, 0.1) is 0 Å². The molecule has 0 saturated carbocycles. The van der Waals surface area contributed by atoms with Crippen molar-refractivity contribution in [1.82, 2.24) is 25.2 Å². The van der Waals surface area contributed by atoms with E-state index in [0.717, 1.165) is 13.1 Å². The summed E-state index contributed by atoms with van der Waals surface area (Å²) in [5, 5.41) is 11.4. The zero-order valence-corrected chi connectivity index (χ0v) is 11.4. The van der Waals surface area contributed by atoms with Crippen LogP contribution in [0.4, 0.5) is 0 Å². The van der Waals surface area contributed by atoms with Gasteiger partial charge in [-0.05, 0) is 45.3 Å². The van der Waals surface area contributed by atoms with Crippen LogP contribution in [-0.2, 0) is 6.54 Å². The molecule has 2 heterocycles. The molecule has 0 bridgehead atoms. The van der Waals surface area contributed by atoms with Crippen molar-refractivity contribution in [2.75, 3.05) is 26.2 Å². The molecule has 1 N–H and O–H groups in total. The molecule has 1 aromatic heterocycles. The highest BCUT2D eigenvalue weighted by atomic mass is 15.4. The van der Waals surface area contributed by atoms with Crippen LogP contribution in [0.5, 0.6) is 0 Å². The van der Waals surface area contributed by atoms with E-state index in [1.165, 1.54) is 45.3 Å². The smallest absolute Gasteiger partial charge is 0.0692 e. The van der Waals surface area contributed by atoms with Gasteiger partial charge in [0, 0.05) is 18.8 Å². The van der Waals surface area contributed by atoms with Gasteiger partial charge in [0.15, 0.2) is 0 Å².